The third kappa shape index (κ3) is 6.12. The number of alkyl carbamates (subject to hydrolysis) is 1. The molecule has 2 rings (SSSR count). The highest BCUT2D eigenvalue weighted by atomic mass is 16.5. The molecule has 0 saturated carbocycles. The van der Waals surface area contributed by atoms with Crippen LogP contribution in [0.5, 0.6) is 0 Å². The number of benzene rings is 2. The van der Waals surface area contributed by atoms with Crippen LogP contribution in [-0.2, 0) is 27.3 Å². The van der Waals surface area contributed by atoms with Crippen molar-refractivity contribution in [2.45, 2.75) is 25.5 Å². The van der Waals surface area contributed by atoms with Gasteiger partial charge in [-0.1, -0.05) is 60.7 Å². The molecule has 1 amide bonds. The van der Waals surface area contributed by atoms with Crippen LogP contribution in [0.25, 0.3) is 0 Å². The third-order valence-corrected chi connectivity index (χ3v) is 3.50. The summed E-state index contributed by atoms with van der Waals surface area (Å²) in [7, 11) is 1.33. The van der Waals surface area contributed by atoms with E-state index in [9.17, 15) is 9.59 Å². The van der Waals surface area contributed by atoms with Crippen molar-refractivity contribution >= 4 is 12.1 Å². The predicted octanol–water partition coefficient (Wildman–Crippen LogP) is 3.09. The largest absolute Gasteiger partial charge is 0.469 e. The first-order valence-electron chi connectivity index (χ1n) is 7.75. The van der Waals surface area contributed by atoms with E-state index < -0.39 is 6.09 Å². The van der Waals surface area contributed by atoms with Gasteiger partial charge in [-0.3, -0.25) is 4.79 Å². The zero-order valence-corrected chi connectivity index (χ0v) is 13.6. The molecule has 0 aliphatic heterocycles. The van der Waals surface area contributed by atoms with Gasteiger partial charge in [-0.15, -0.1) is 0 Å². The summed E-state index contributed by atoms with van der Waals surface area (Å²) in [5, 5.41) is 2.74. The van der Waals surface area contributed by atoms with Crippen LogP contribution in [0.15, 0.2) is 60.7 Å². The first-order valence-corrected chi connectivity index (χ1v) is 7.75. The van der Waals surface area contributed by atoms with E-state index in [1.165, 1.54) is 7.11 Å². The van der Waals surface area contributed by atoms with Crippen LogP contribution in [0.3, 0.4) is 0 Å². The molecule has 1 atom stereocenters. The van der Waals surface area contributed by atoms with Crippen LogP contribution < -0.4 is 5.32 Å². The summed E-state index contributed by atoms with van der Waals surface area (Å²) in [6.45, 7) is 0.183. The van der Waals surface area contributed by atoms with Crippen LogP contribution in [0, 0.1) is 0 Å². The normalized spacial score (nSPS) is 11.4. The third-order valence-electron chi connectivity index (χ3n) is 3.50. The van der Waals surface area contributed by atoms with Gasteiger partial charge in [-0.2, -0.15) is 0 Å². The van der Waals surface area contributed by atoms with Gasteiger partial charge in [0.05, 0.1) is 13.5 Å². The van der Waals surface area contributed by atoms with Crippen LogP contribution in [0.4, 0.5) is 4.79 Å². The molecule has 5 nitrogen and oxygen atoms in total. The van der Waals surface area contributed by atoms with Crippen molar-refractivity contribution in [3.05, 3.63) is 71.8 Å². The lowest BCUT2D eigenvalue weighted by Crippen LogP contribution is -2.38. The van der Waals surface area contributed by atoms with Gasteiger partial charge in [0.1, 0.15) is 6.61 Å². The second kappa shape index (κ2) is 9.35. The Morgan fingerprint density at radius 2 is 1.54 bits per heavy atom. The maximum Gasteiger partial charge on any atom is 0.407 e. The number of hydrogen-bond donors (Lipinski definition) is 1. The van der Waals surface area contributed by atoms with Gasteiger partial charge in [0.25, 0.3) is 0 Å². The summed E-state index contributed by atoms with van der Waals surface area (Å²) < 4.78 is 9.91. The molecule has 0 spiro atoms. The number of carbonyl (C=O) groups excluding carboxylic acids is 2. The van der Waals surface area contributed by atoms with Crippen LogP contribution in [0.2, 0.25) is 0 Å². The van der Waals surface area contributed by atoms with Crippen molar-refractivity contribution in [2.24, 2.45) is 0 Å². The van der Waals surface area contributed by atoms with E-state index in [0.29, 0.717) is 6.42 Å². The Bertz CT molecular complexity index is 643. The number of hydrogen-bond acceptors (Lipinski definition) is 4. The van der Waals surface area contributed by atoms with E-state index in [4.69, 9.17) is 9.47 Å². The quantitative estimate of drug-likeness (QED) is 0.794. The number of nitrogens with one attached hydrogen (secondary N) is 1. The Kier molecular flexibility index (Phi) is 6.83. The van der Waals surface area contributed by atoms with Gasteiger partial charge in [-0.05, 0) is 17.5 Å². The number of rotatable bonds is 7. The Morgan fingerprint density at radius 1 is 0.958 bits per heavy atom. The minimum Gasteiger partial charge on any atom is -0.469 e. The van der Waals surface area contributed by atoms with E-state index in [1.807, 2.05) is 60.7 Å². The van der Waals surface area contributed by atoms with E-state index in [0.717, 1.165) is 11.1 Å². The van der Waals surface area contributed by atoms with Gasteiger partial charge in [-0.25, -0.2) is 4.79 Å². The highest BCUT2D eigenvalue weighted by molar-refractivity contribution is 5.72. The minimum absolute atomic E-state index is 0.0891. The van der Waals surface area contributed by atoms with Gasteiger partial charge in [0.2, 0.25) is 0 Å². The first kappa shape index (κ1) is 17.5. The van der Waals surface area contributed by atoms with Crippen molar-refractivity contribution in [3.63, 3.8) is 0 Å². The zero-order valence-electron chi connectivity index (χ0n) is 13.6. The van der Waals surface area contributed by atoms with Crippen molar-refractivity contribution in [2.75, 3.05) is 7.11 Å². The summed E-state index contributed by atoms with van der Waals surface area (Å²) in [5.41, 5.74) is 1.93. The average Bonchev–Trinajstić information content (AvgIpc) is 2.61. The number of ether oxygens (including phenoxy) is 2. The highest BCUT2D eigenvalue weighted by Gasteiger charge is 2.18. The highest BCUT2D eigenvalue weighted by Crippen LogP contribution is 2.08. The fourth-order valence-electron chi connectivity index (χ4n) is 2.29. The number of methoxy groups -OCH3 is 1. The summed E-state index contributed by atoms with van der Waals surface area (Å²) in [4.78, 5) is 23.6. The molecule has 0 aliphatic carbocycles. The summed E-state index contributed by atoms with van der Waals surface area (Å²) in [6, 6.07) is 18.7. The Morgan fingerprint density at radius 3 is 2.12 bits per heavy atom. The Hall–Kier alpha value is -2.82. The van der Waals surface area contributed by atoms with E-state index in [2.05, 4.69) is 5.32 Å². The van der Waals surface area contributed by atoms with Gasteiger partial charge in [0.15, 0.2) is 0 Å². The molecule has 1 N–H and O–H groups in total. The summed E-state index contributed by atoms with van der Waals surface area (Å²) in [5.74, 6) is -0.376. The second-order valence-electron chi connectivity index (χ2n) is 5.37. The summed E-state index contributed by atoms with van der Waals surface area (Å²) >= 11 is 0. The number of esters is 1. The lowest BCUT2D eigenvalue weighted by atomic mass is 10.0. The predicted molar refractivity (Wildman–Crippen MR) is 90.3 cm³/mol. The monoisotopic (exact) mass is 327 g/mol. The molecule has 2 aromatic rings. The van der Waals surface area contributed by atoms with E-state index >= 15 is 0 Å². The van der Waals surface area contributed by atoms with Gasteiger partial charge >= 0.3 is 12.1 Å². The fraction of sp³-hybridized carbons (Fsp3) is 0.263. The summed E-state index contributed by atoms with van der Waals surface area (Å²) in [6.07, 6.45) is 0.0612. The molecule has 5 heteroatoms. The van der Waals surface area contributed by atoms with Crippen LogP contribution in [0.1, 0.15) is 17.5 Å². The molecule has 0 unspecified atom stereocenters. The Balaban J connectivity index is 1.91. The fourth-order valence-corrected chi connectivity index (χ4v) is 2.29. The molecule has 126 valence electrons. The van der Waals surface area contributed by atoms with Gasteiger partial charge in [0, 0.05) is 6.04 Å². The molecule has 0 saturated heterocycles. The lowest BCUT2D eigenvalue weighted by Gasteiger charge is -2.17. The maximum atomic E-state index is 12.0. The van der Waals surface area contributed by atoms with E-state index in [1.54, 1.807) is 0 Å². The first-order chi connectivity index (χ1) is 11.7. The average molecular weight is 327 g/mol. The number of carbonyl (C=O) groups is 2. The SMILES string of the molecule is COC(=O)C[C@H](Cc1ccccc1)NC(=O)OCc1ccccc1. The molecule has 0 bridgehead atoms. The molecule has 2 aromatic carbocycles. The molecule has 0 aromatic heterocycles. The zero-order chi connectivity index (χ0) is 17.2. The maximum absolute atomic E-state index is 12.0. The van der Waals surface area contributed by atoms with E-state index in [-0.39, 0.29) is 25.0 Å². The topological polar surface area (TPSA) is 64.6 Å². The molecular formula is C19H21NO4. The second-order valence-corrected chi connectivity index (χ2v) is 5.37. The minimum atomic E-state index is -0.552. The van der Waals surface area contributed by atoms with Crippen molar-refractivity contribution < 1.29 is 19.1 Å². The molecule has 0 heterocycles. The molecular weight excluding hydrogens is 306 g/mol. The van der Waals surface area contributed by atoms with Crippen LogP contribution in [-0.4, -0.2) is 25.2 Å². The lowest BCUT2D eigenvalue weighted by molar-refractivity contribution is -0.141. The Labute approximate surface area is 141 Å². The molecule has 0 radical (unpaired) electrons. The molecule has 0 fully saturated rings. The molecule has 0 aliphatic rings. The number of amides is 1. The van der Waals surface area contributed by atoms with Crippen molar-refractivity contribution in [1.29, 1.82) is 0 Å². The standard InChI is InChI=1S/C19H21NO4/c1-23-18(21)13-17(12-15-8-4-2-5-9-15)20-19(22)24-14-16-10-6-3-7-11-16/h2-11,17H,12-14H2,1H3,(H,20,22)/t17-/m0/s1. The van der Waals surface area contributed by atoms with Crippen molar-refractivity contribution in [1.82, 2.24) is 5.32 Å². The van der Waals surface area contributed by atoms with Gasteiger partial charge < -0.3 is 14.8 Å². The van der Waals surface area contributed by atoms with Crippen molar-refractivity contribution in [3.8, 4) is 0 Å². The smallest absolute Gasteiger partial charge is 0.407 e. The molecule has 24 heavy (non-hydrogen) atoms. The van der Waals surface area contributed by atoms with Crippen LogP contribution >= 0.6 is 0 Å².